The summed E-state index contributed by atoms with van der Waals surface area (Å²) in [5.41, 5.74) is -0.0521. The molecule has 2 N–H and O–H groups in total. The van der Waals surface area contributed by atoms with Crippen molar-refractivity contribution in [3.8, 4) is 0 Å². The van der Waals surface area contributed by atoms with Crippen molar-refractivity contribution in [2.45, 2.75) is 64.4 Å². The van der Waals surface area contributed by atoms with Gasteiger partial charge in [-0.3, -0.25) is 0 Å². The lowest BCUT2D eigenvalue weighted by Crippen LogP contribution is -2.55. The highest BCUT2D eigenvalue weighted by Gasteiger charge is 2.69. The maximum atomic E-state index is 10.2. The lowest BCUT2D eigenvalue weighted by Gasteiger charge is -2.53. The Kier molecular flexibility index (Phi) is 4.93. The molecule has 2 aliphatic carbocycles. The quantitative estimate of drug-likeness (QED) is 0.730. The molecule has 2 heterocycles. The van der Waals surface area contributed by atoms with Crippen LogP contribution in [0.4, 0.5) is 0 Å². The summed E-state index contributed by atoms with van der Waals surface area (Å²) < 4.78 is 18.6. The summed E-state index contributed by atoms with van der Waals surface area (Å²) in [5.74, 6) is 1.99. The molecule has 5 nitrogen and oxygen atoms in total. The zero-order valence-corrected chi connectivity index (χ0v) is 16.7. The summed E-state index contributed by atoms with van der Waals surface area (Å²) in [7, 11) is 0. The van der Waals surface area contributed by atoms with Gasteiger partial charge < -0.3 is 24.4 Å². The smallest absolute Gasteiger partial charge is 0.169 e. The third kappa shape index (κ3) is 2.95. The van der Waals surface area contributed by atoms with Crippen LogP contribution in [0.1, 0.15) is 47.0 Å². The van der Waals surface area contributed by atoms with Gasteiger partial charge in [0.25, 0.3) is 0 Å². The van der Waals surface area contributed by atoms with Gasteiger partial charge in [-0.1, -0.05) is 20.8 Å². The van der Waals surface area contributed by atoms with Crippen molar-refractivity contribution in [2.75, 3.05) is 26.4 Å². The van der Waals surface area contributed by atoms with E-state index < -0.39 is 5.79 Å². The predicted octanol–water partition coefficient (Wildman–Crippen LogP) is 2.44. The van der Waals surface area contributed by atoms with E-state index in [-0.39, 0.29) is 36.8 Å². The number of rotatable bonds is 5. The molecule has 4 rings (SSSR count). The molecular formula is C21H36O5. The summed E-state index contributed by atoms with van der Waals surface area (Å²) in [6.07, 6.45) is 3.05. The number of hydrogen-bond donors (Lipinski definition) is 2. The number of ether oxygens (including phenoxy) is 3. The summed E-state index contributed by atoms with van der Waals surface area (Å²) >= 11 is 0. The van der Waals surface area contributed by atoms with Crippen LogP contribution in [0.15, 0.2) is 0 Å². The number of aliphatic hydroxyl groups excluding tert-OH is 2. The van der Waals surface area contributed by atoms with Gasteiger partial charge in [0.2, 0.25) is 0 Å². The molecule has 0 aromatic heterocycles. The molecule has 2 aliphatic heterocycles. The van der Waals surface area contributed by atoms with Gasteiger partial charge in [-0.15, -0.1) is 0 Å². The second-order valence-corrected chi connectivity index (χ2v) is 9.89. The van der Waals surface area contributed by atoms with Gasteiger partial charge in [0.15, 0.2) is 5.79 Å². The molecule has 150 valence electrons. The van der Waals surface area contributed by atoms with E-state index in [0.717, 1.165) is 19.3 Å². The molecule has 0 bridgehead atoms. The van der Waals surface area contributed by atoms with E-state index in [0.29, 0.717) is 42.8 Å². The molecule has 0 aromatic rings. The van der Waals surface area contributed by atoms with E-state index in [1.165, 1.54) is 0 Å². The molecule has 5 heteroatoms. The van der Waals surface area contributed by atoms with Gasteiger partial charge in [-0.05, 0) is 54.8 Å². The fraction of sp³-hybridized carbons (Fsp3) is 1.00. The van der Waals surface area contributed by atoms with Crippen molar-refractivity contribution in [1.29, 1.82) is 0 Å². The molecule has 26 heavy (non-hydrogen) atoms. The van der Waals surface area contributed by atoms with Crippen LogP contribution in [0, 0.1) is 41.4 Å². The van der Waals surface area contributed by atoms with E-state index in [9.17, 15) is 10.2 Å². The average Bonchev–Trinajstić information content (AvgIpc) is 3.08. The molecule has 4 aliphatic rings. The molecule has 8 atom stereocenters. The van der Waals surface area contributed by atoms with Crippen LogP contribution in [0.5, 0.6) is 0 Å². The SMILES string of the molecule is CC(C)[C@@H](CO)[C@@H]1C[C@@]2(C)O[C@H]2[C@H]2[C@@H]1CC1(C[C@H]2[C@H](C)CO)OCCO1. The predicted molar refractivity (Wildman–Crippen MR) is 97.4 cm³/mol. The first-order valence-electron chi connectivity index (χ1n) is 10.5. The van der Waals surface area contributed by atoms with E-state index >= 15 is 0 Å². The van der Waals surface area contributed by atoms with E-state index in [1.54, 1.807) is 0 Å². The van der Waals surface area contributed by atoms with Gasteiger partial charge in [-0.25, -0.2) is 0 Å². The highest BCUT2D eigenvalue weighted by molar-refractivity contribution is 5.15. The molecular weight excluding hydrogens is 332 g/mol. The van der Waals surface area contributed by atoms with Crippen molar-refractivity contribution in [1.82, 2.24) is 0 Å². The lowest BCUT2D eigenvalue weighted by atomic mass is 9.53. The number of fused-ring (bicyclic) bond motifs is 3. The molecule has 0 unspecified atom stereocenters. The Hall–Kier alpha value is -0.200. The van der Waals surface area contributed by atoms with Crippen LogP contribution in [-0.4, -0.2) is 54.1 Å². The van der Waals surface area contributed by atoms with Crippen molar-refractivity contribution >= 4 is 0 Å². The highest BCUT2D eigenvalue weighted by atomic mass is 16.7. The van der Waals surface area contributed by atoms with Crippen LogP contribution < -0.4 is 0 Å². The first-order chi connectivity index (χ1) is 12.3. The van der Waals surface area contributed by atoms with E-state index in [4.69, 9.17) is 14.2 Å². The normalized spacial score (nSPS) is 46.0. The van der Waals surface area contributed by atoms with Crippen molar-refractivity contribution < 1.29 is 24.4 Å². The Morgan fingerprint density at radius 2 is 1.65 bits per heavy atom. The van der Waals surface area contributed by atoms with Gasteiger partial charge in [0.1, 0.15) is 0 Å². The average molecular weight is 369 g/mol. The largest absolute Gasteiger partial charge is 0.396 e. The first kappa shape index (κ1) is 19.1. The number of aliphatic hydroxyl groups is 2. The maximum absolute atomic E-state index is 10.2. The molecule has 0 amide bonds. The van der Waals surface area contributed by atoms with Crippen LogP contribution >= 0.6 is 0 Å². The Labute approximate surface area is 157 Å². The summed E-state index contributed by atoms with van der Waals surface area (Å²) in [6.45, 7) is 10.5. The molecule has 2 saturated carbocycles. The van der Waals surface area contributed by atoms with Gasteiger partial charge in [0, 0.05) is 26.1 Å². The van der Waals surface area contributed by atoms with Crippen LogP contribution in [-0.2, 0) is 14.2 Å². The minimum Gasteiger partial charge on any atom is -0.396 e. The van der Waals surface area contributed by atoms with Gasteiger partial charge >= 0.3 is 0 Å². The Bertz CT molecular complexity index is 517. The minimum atomic E-state index is -0.493. The topological polar surface area (TPSA) is 71.5 Å². The van der Waals surface area contributed by atoms with Crippen molar-refractivity contribution in [3.63, 3.8) is 0 Å². The number of hydrogen-bond acceptors (Lipinski definition) is 5. The zero-order chi connectivity index (χ0) is 18.7. The van der Waals surface area contributed by atoms with Crippen molar-refractivity contribution in [3.05, 3.63) is 0 Å². The Morgan fingerprint density at radius 1 is 0.962 bits per heavy atom. The third-order valence-corrected chi connectivity index (χ3v) is 8.01. The molecule has 2 saturated heterocycles. The van der Waals surface area contributed by atoms with Crippen molar-refractivity contribution in [2.24, 2.45) is 41.4 Å². The van der Waals surface area contributed by atoms with Gasteiger partial charge in [0.05, 0.1) is 24.9 Å². The summed E-state index contributed by atoms with van der Waals surface area (Å²) in [5, 5.41) is 20.1. The molecule has 0 aromatic carbocycles. The van der Waals surface area contributed by atoms with Gasteiger partial charge in [-0.2, -0.15) is 0 Å². The van der Waals surface area contributed by atoms with Crippen LogP contribution in [0.3, 0.4) is 0 Å². The molecule has 4 fully saturated rings. The summed E-state index contributed by atoms with van der Waals surface area (Å²) in [4.78, 5) is 0. The van der Waals surface area contributed by atoms with Crippen LogP contribution in [0.25, 0.3) is 0 Å². The Balaban J connectivity index is 1.70. The second kappa shape index (κ2) is 6.70. The molecule has 0 radical (unpaired) electrons. The molecule has 1 spiro atoms. The highest BCUT2D eigenvalue weighted by Crippen LogP contribution is 2.64. The van der Waals surface area contributed by atoms with E-state index in [1.807, 2.05) is 0 Å². The minimum absolute atomic E-state index is 0.0521. The fourth-order valence-electron chi connectivity index (χ4n) is 6.56. The van der Waals surface area contributed by atoms with Crippen LogP contribution in [0.2, 0.25) is 0 Å². The van der Waals surface area contributed by atoms with E-state index in [2.05, 4.69) is 27.7 Å². The number of epoxide rings is 1. The second-order valence-electron chi connectivity index (χ2n) is 9.89. The monoisotopic (exact) mass is 368 g/mol. The summed E-state index contributed by atoms with van der Waals surface area (Å²) in [6, 6.07) is 0. The zero-order valence-electron chi connectivity index (χ0n) is 16.7. The lowest BCUT2D eigenvalue weighted by molar-refractivity contribution is -0.227. The fourth-order valence-corrected chi connectivity index (χ4v) is 6.56. The maximum Gasteiger partial charge on any atom is 0.169 e. The first-order valence-corrected chi connectivity index (χ1v) is 10.5. The standard InChI is InChI=1S/C21H36O5/c1-12(2)17(11-23)15-7-20(4)19(26-20)18-14(13(3)10-22)8-21(9-16(15)18)24-5-6-25-21/h12-19,22-23H,5-11H2,1-4H3/t13-,14+,15-,16-,17-,18-,19+,20-/m1/s1. The Morgan fingerprint density at radius 3 is 2.23 bits per heavy atom. The third-order valence-electron chi connectivity index (χ3n) is 8.01.